The van der Waals surface area contributed by atoms with Gasteiger partial charge in [-0.3, -0.25) is 0 Å². The van der Waals surface area contributed by atoms with Gasteiger partial charge in [0.25, 0.3) is 0 Å². The number of ether oxygens (including phenoxy) is 3. The molecule has 0 spiro atoms. The molecule has 2 aliphatic rings. The van der Waals surface area contributed by atoms with Crippen molar-refractivity contribution in [3.63, 3.8) is 0 Å². The summed E-state index contributed by atoms with van der Waals surface area (Å²) in [6.07, 6.45) is 0.210. The van der Waals surface area contributed by atoms with Crippen molar-refractivity contribution in [3.8, 4) is 23.0 Å². The standard InChI is InChI=1S/C24H22N2O4/c1-28-15-11-12-18(23(13-15)29-2)24-26-20(17-8-4-6-10-22(17)30-24)14-19(25-26)16-7-3-5-9-21(16)27/h3-13,20,24,27H,14H2,1-2H3/t20-,24+/m1/s1. The minimum atomic E-state index is -0.464. The Morgan fingerprint density at radius 2 is 1.77 bits per heavy atom. The lowest BCUT2D eigenvalue weighted by atomic mass is 9.95. The van der Waals surface area contributed by atoms with Crippen LogP contribution in [-0.4, -0.2) is 30.0 Å². The molecule has 2 aliphatic heterocycles. The number of phenolic OH excluding ortho intramolecular Hbond substituents is 1. The Morgan fingerprint density at radius 1 is 0.967 bits per heavy atom. The van der Waals surface area contributed by atoms with E-state index in [9.17, 15) is 5.11 Å². The van der Waals surface area contributed by atoms with Crippen molar-refractivity contribution < 1.29 is 19.3 Å². The van der Waals surface area contributed by atoms with Gasteiger partial charge in [0.15, 0.2) is 0 Å². The van der Waals surface area contributed by atoms with E-state index in [0.717, 1.165) is 28.2 Å². The first kappa shape index (κ1) is 18.4. The highest BCUT2D eigenvalue weighted by Gasteiger charge is 2.42. The summed E-state index contributed by atoms with van der Waals surface area (Å²) in [5, 5.41) is 17.2. The van der Waals surface area contributed by atoms with E-state index in [4.69, 9.17) is 19.3 Å². The third-order valence-corrected chi connectivity index (χ3v) is 5.62. The van der Waals surface area contributed by atoms with Gasteiger partial charge < -0.3 is 19.3 Å². The number of hydrogen-bond donors (Lipinski definition) is 1. The normalized spacial score (nSPS) is 19.4. The van der Waals surface area contributed by atoms with Crippen LogP contribution in [0.5, 0.6) is 23.0 Å². The number of methoxy groups -OCH3 is 2. The van der Waals surface area contributed by atoms with Crippen molar-refractivity contribution in [2.45, 2.75) is 18.7 Å². The Balaban J connectivity index is 1.63. The van der Waals surface area contributed by atoms with Crippen LogP contribution >= 0.6 is 0 Å². The van der Waals surface area contributed by atoms with Crippen LogP contribution in [0.25, 0.3) is 0 Å². The Kier molecular flexibility index (Phi) is 4.47. The summed E-state index contributed by atoms with van der Waals surface area (Å²) in [6.45, 7) is 0. The molecule has 152 valence electrons. The highest BCUT2D eigenvalue weighted by molar-refractivity contribution is 6.04. The second kappa shape index (κ2) is 7.30. The molecule has 30 heavy (non-hydrogen) atoms. The van der Waals surface area contributed by atoms with E-state index >= 15 is 0 Å². The SMILES string of the molecule is COc1ccc([C@@H]2Oc3ccccc3[C@H]3CC(c4ccccc4O)=NN32)c(OC)c1. The molecule has 0 amide bonds. The third kappa shape index (κ3) is 2.92. The topological polar surface area (TPSA) is 63.5 Å². The average Bonchev–Trinajstić information content (AvgIpc) is 3.24. The molecule has 3 aromatic rings. The van der Waals surface area contributed by atoms with Crippen LogP contribution in [0.1, 0.15) is 35.4 Å². The molecule has 0 fully saturated rings. The monoisotopic (exact) mass is 402 g/mol. The number of phenols is 1. The number of aromatic hydroxyl groups is 1. The Bertz CT molecular complexity index is 1130. The molecule has 0 saturated heterocycles. The molecule has 1 N–H and O–H groups in total. The number of hydrogen-bond acceptors (Lipinski definition) is 6. The van der Waals surface area contributed by atoms with E-state index in [1.54, 1.807) is 20.3 Å². The molecule has 6 nitrogen and oxygen atoms in total. The van der Waals surface area contributed by atoms with Gasteiger partial charge in [-0.1, -0.05) is 30.3 Å². The van der Waals surface area contributed by atoms with Gasteiger partial charge in [-0.2, -0.15) is 5.10 Å². The van der Waals surface area contributed by atoms with E-state index < -0.39 is 6.23 Å². The minimum Gasteiger partial charge on any atom is -0.507 e. The Morgan fingerprint density at radius 3 is 2.57 bits per heavy atom. The summed E-state index contributed by atoms with van der Waals surface area (Å²) >= 11 is 0. The summed E-state index contributed by atoms with van der Waals surface area (Å²) in [5.41, 5.74) is 3.51. The zero-order chi connectivity index (χ0) is 20.7. The fraction of sp³-hybridized carbons (Fsp3) is 0.208. The molecular weight excluding hydrogens is 380 g/mol. The first-order valence-electron chi connectivity index (χ1n) is 9.81. The lowest BCUT2D eigenvalue weighted by Crippen LogP contribution is -2.33. The van der Waals surface area contributed by atoms with Crippen LogP contribution in [-0.2, 0) is 0 Å². The summed E-state index contributed by atoms with van der Waals surface area (Å²) in [6, 6.07) is 21.0. The molecule has 5 rings (SSSR count). The molecule has 0 radical (unpaired) electrons. The summed E-state index contributed by atoms with van der Waals surface area (Å²) < 4.78 is 17.4. The van der Waals surface area contributed by atoms with Crippen LogP contribution in [0.15, 0.2) is 71.8 Å². The molecule has 0 saturated carbocycles. The highest BCUT2D eigenvalue weighted by atomic mass is 16.5. The van der Waals surface area contributed by atoms with Gasteiger partial charge in [0.2, 0.25) is 6.23 Å². The van der Waals surface area contributed by atoms with E-state index in [-0.39, 0.29) is 11.8 Å². The maximum absolute atomic E-state index is 10.4. The molecule has 0 unspecified atom stereocenters. The fourth-order valence-corrected chi connectivity index (χ4v) is 4.14. The van der Waals surface area contributed by atoms with Crippen molar-refractivity contribution >= 4 is 5.71 Å². The lowest BCUT2D eigenvalue weighted by Gasteiger charge is -2.38. The number of benzene rings is 3. The van der Waals surface area contributed by atoms with Gasteiger partial charge in [0.05, 0.1) is 31.5 Å². The highest BCUT2D eigenvalue weighted by Crippen LogP contribution is 2.49. The molecule has 0 bridgehead atoms. The number of rotatable bonds is 4. The molecule has 0 aliphatic carbocycles. The van der Waals surface area contributed by atoms with Gasteiger partial charge in [-0.05, 0) is 30.3 Å². The number of nitrogens with zero attached hydrogens (tertiary/aromatic N) is 2. The Hall–Kier alpha value is -3.67. The van der Waals surface area contributed by atoms with Crippen LogP contribution in [0.2, 0.25) is 0 Å². The summed E-state index contributed by atoms with van der Waals surface area (Å²) in [4.78, 5) is 0. The maximum Gasteiger partial charge on any atom is 0.217 e. The second-order valence-electron chi connectivity index (χ2n) is 7.28. The number of fused-ring (bicyclic) bond motifs is 3. The molecule has 0 aromatic heterocycles. The van der Waals surface area contributed by atoms with E-state index in [1.807, 2.05) is 59.6 Å². The predicted molar refractivity (Wildman–Crippen MR) is 113 cm³/mol. The number of para-hydroxylation sites is 2. The van der Waals surface area contributed by atoms with Crippen LogP contribution in [0.4, 0.5) is 0 Å². The Labute approximate surface area is 174 Å². The first-order valence-corrected chi connectivity index (χ1v) is 9.81. The molecule has 6 heteroatoms. The third-order valence-electron chi connectivity index (χ3n) is 5.62. The molecule has 2 atom stereocenters. The smallest absolute Gasteiger partial charge is 0.217 e. The van der Waals surface area contributed by atoms with Crippen LogP contribution in [0.3, 0.4) is 0 Å². The lowest BCUT2D eigenvalue weighted by molar-refractivity contribution is -0.0203. The van der Waals surface area contributed by atoms with Gasteiger partial charge in [0.1, 0.15) is 23.0 Å². The molecule has 2 heterocycles. The van der Waals surface area contributed by atoms with Crippen molar-refractivity contribution in [2.75, 3.05) is 14.2 Å². The minimum absolute atomic E-state index is 0.00126. The largest absolute Gasteiger partial charge is 0.507 e. The van der Waals surface area contributed by atoms with Crippen molar-refractivity contribution in [1.29, 1.82) is 0 Å². The first-order chi connectivity index (χ1) is 14.7. The van der Waals surface area contributed by atoms with Gasteiger partial charge in [-0.15, -0.1) is 0 Å². The number of hydrazone groups is 1. The van der Waals surface area contributed by atoms with Crippen molar-refractivity contribution in [2.24, 2.45) is 5.10 Å². The molecule has 3 aromatic carbocycles. The molecular formula is C24H22N2O4. The van der Waals surface area contributed by atoms with Crippen LogP contribution < -0.4 is 14.2 Å². The van der Waals surface area contributed by atoms with E-state index in [2.05, 4.69) is 6.07 Å². The van der Waals surface area contributed by atoms with Gasteiger partial charge >= 0.3 is 0 Å². The maximum atomic E-state index is 10.4. The predicted octanol–water partition coefficient (Wildman–Crippen LogP) is 4.65. The van der Waals surface area contributed by atoms with E-state index in [0.29, 0.717) is 17.9 Å². The van der Waals surface area contributed by atoms with Gasteiger partial charge in [0, 0.05) is 23.6 Å². The summed E-state index contributed by atoms with van der Waals surface area (Å²) in [7, 11) is 3.26. The van der Waals surface area contributed by atoms with Crippen LogP contribution in [0, 0.1) is 0 Å². The quantitative estimate of drug-likeness (QED) is 0.688. The zero-order valence-electron chi connectivity index (χ0n) is 16.8. The van der Waals surface area contributed by atoms with Crippen molar-refractivity contribution in [3.05, 3.63) is 83.4 Å². The second-order valence-corrected chi connectivity index (χ2v) is 7.28. The van der Waals surface area contributed by atoms with Crippen molar-refractivity contribution in [1.82, 2.24) is 5.01 Å². The van der Waals surface area contributed by atoms with Gasteiger partial charge in [-0.25, -0.2) is 5.01 Å². The fourth-order valence-electron chi connectivity index (χ4n) is 4.14. The zero-order valence-corrected chi connectivity index (χ0v) is 16.8. The van der Waals surface area contributed by atoms with E-state index in [1.165, 1.54) is 0 Å². The average molecular weight is 402 g/mol. The summed E-state index contributed by atoms with van der Waals surface area (Å²) in [5.74, 6) is 2.44.